The minimum atomic E-state index is -0.344. The quantitative estimate of drug-likeness (QED) is 0.388. The number of fused-ring (bicyclic) bond motifs is 1. The van der Waals surface area contributed by atoms with E-state index in [0.29, 0.717) is 22.7 Å². The smallest absolute Gasteiger partial charge is 0.227 e. The maximum Gasteiger partial charge on any atom is 0.227 e. The number of aryl methyl sites for hydroxylation is 1. The van der Waals surface area contributed by atoms with Crippen molar-refractivity contribution in [3.05, 3.63) is 76.4 Å². The van der Waals surface area contributed by atoms with Crippen LogP contribution in [0.5, 0.6) is 0 Å². The number of halogens is 2. The van der Waals surface area contributed by atoms with Crippen molar-refractivity contribution in [3.8, 4) is 11.3 Å². The van der Waals surface area contributed by atoms with Crippen LogP contribution in [0.1, 0.15) is 36.3 Å². The van der Waals surface area contributed by atoms with Crippen LogP contribution in [0.4, 0.5) is 4.39 Å². The minimum absolute atomic E-state index is 0.0257. The number of H-pyrrole nitrogens is 1. The van der Waals surface area contributed by atoms with Crippen LogP contribution in [0.25, 0.3) is 22.2 Å². The van der Waals surface area contributed by atoms with Crippen molar-refractivity contribution in [2.45, 2.75) is 45.2 Å². The summed E-state index contributed by atoms with van der Waals surface area (Å²) in [5.74, 6) is 0.296. The molecule has 2 aromatic heterocycles. The van der Waals surface area contributed by atoms with Gasteiger partial charge < -0.3 is 14.4 Å². The van der Waals surface area contributed by atoms with Crippen molar-refractivity contribution in [2.75, 3.05) is 0 Å². The Kier molecular flexibility index (Phi) is 5.47. The van der Waals surface area contributed by atoms with Gasteiger partial charge in [-0.15, -0.1) is 0 Å². The Labute approximate surface area is 190 Å². The van der Waals surface area contributed by atoms with Crippen LogP contribution in [0.15, 0.2) is 53.1 Å². The molecule has 0 unspecified atom stereocenters. The topological polar surface area (TPSA) is 62.1 Å². The Hall–Kier alpha value is -3.12. The van der Waals surface area contributed by atoms with E-state index in [0.717, 1.165) is 47.3 Å². The number of carbonyl (C=O) groups is 1. The van der Waals surface area contributed by atoms with Crippen LogP contribution in [-0.2, 0) is 17.8 Å². The Morgan fingerprint density at radius 1 is 1.25 bits per heavy atom. The second-order valence-electron chi connectivity index (χ2n) is 8.37. The van der Waals surface area contributed by atoms with Crippen molar-refractivity contribution < 1.29 is 13.7 Å². The molecule has 32 heavy (non-hydrogen) atoms. The predicted octanol–water partition coefficient (Wildman–Crippen LogP) is 6.05. The number of aromatic nitrogens is 2. The normalized spacial score (nSPS) is 14.0. The zero-order chi connectivity index (χ0) is 22.2. The summed E-state index contributed by atoms with van der Waals surface area (Å²) in [4.78, 5) is 18.8. The lowest BCUT2D eigenvalue weighted by atomic mass is 9.90. The molecule has 2 aromatic carbocycles. The van der Waals surface area contributed by atoms with E-state index in [4.69, 9.17) is 16.1 Å². The Morgan fingerprint density at radius 2 is 2.06 bits per heavy atom. The number of amides is 1. The van der Waals surface area contributed by atoms with Crippen LogP contribution in [-0.4, -0.2) is 27.0 Å². The number of benzene rings is 2. The van der Waals surface area contributed by atoms with Crippen LogP contribution >= 0.6 is 11.6 Å². The molecule has 7 heteroatoms. The van der Waals surface area contributed by atoms with Gasteiger partial charge in [0.2, 0.25) is 5.91 Å². The van der Waals surface area contributed by atoms with E-state index in [1.54, 1.807) is 6.07 Å². The molecule has 1 aliphatic rings. The summed E-state index contributed by atoms with van der Waals surface area (Å²) in [6, 6.07) is 14.1. The maximum atomic E-state index is 14.1. The zero-order valence-corrected chi connectivity index (χ0v) is 18.5. The molecule has 5 nitrogen and oxygen atoms in total. The monoisotopic (exact) mass is 451 g/mol. The fourth-order valence-corrected chi connectivity index (χ4v) is 4.56. The number of rotatable bonds is 6. The number of hydrogen-bond donors (Lipinski definition) is 1. The average Bonchev–Trinajstić information content (AvgIpc) is 3.30. The van der Waals surface area contributed by atoms with Gasteiger partial charge in [-0.3, -0.25) is 4.79 Å². The standard InChI is InChI=1S/C25H23ClFN3O2/c1-15-11-18(32-29-15)14-30(17-5-4-6-17)24(31)13-21-20-12-16(27)9-10-23(20)28-25(21)19-7-2-3-8-22(19)26/h2-3,7-12,17,28H,4-6,13-14H2,1H3. The molecule has 0 atom stereocenters. The fourth-order valence-electron chi connectivity index (χ4n) is 4.33. The lowest BCUT2D eigenvalue weighted by Crippen LogP contribution is -2.44. The van der Waals surface area contributed by atoms with Gasteiger partial charge in [-0.25, -0.2) is 4.39 Å². The molecule has 0 radical (unpaired) electrons. The Morgan fingerprint density at radius 3 is 2.75 bits per heavy atom. The molecule has 0 aliphatic heterocycles. The lowest BCUT2D eigenvalue weighted by molar-refractivity contribution is -0.135. The van der Waals surface area contributed by atoms with Crippen LogP contribution in [0.2, 0.25) is 5.02 Å². The van der Waals surface area contributed by atoms with Gasteiger partial charge in [-0.2, -0.15) is 0 Å². The summed E-state index contributed by atoms with van der Waals surface area (Å²) < 4.78 is 19.5. The molecule has 1 amide bonds. The summed E-state index contributed by atoms with van der Waals surface area (Å²) >= 11 is 6.47. The zero-order valence-electron chi connectivity index (χ0n) is 17.7. The summed E-state index contributed by atoms with van der Waals surface area (Å²) in [6.45, 7) is 2.24. The van der Waals surface area contributed by atoms with E-state index in [1.165, 1.54) is 12.1 Å². The third kappa shape index (κ3) is 3.91. The van der Waals surface area contributed by atoms with E-state index in [9.17, 15) is 9.18 Å². The van der Waals surface area contributed by atoms with Gasteiger partial charge in [0, 0.05) is 33.6 Å². The van der Waals surface area contributed by atoms with E-state index in [1.807, 2.05) is 42.2 Å². The van der Waals surface area contributed by atoms with Crippen molar-refractivity contribution in [1.29, 1.82) is 0 Å². The fraction of sp³-hybridized carbons (Fsp3) is 0.280. The largest absolute Gasteiger partial charge is 0.359 e. The molecule has 1 aliphatic carbocycles. The highest BCUT2D eigenvalue weighted by atomic mass is 35.5. The minimum Gasteiger partial charge on any atom is -0.359 e. The van der Waals surface area contributed by atoms with Gasteiger partial charge >= 0.3 is 0 Å². The highest BCUT2D eigenvalue weighted by molar-refractivity contribution is 6.33. The number of hydrogen-bond acceptors (Lipinski definition) is 3. The van der Waals surface area contributed by atoms with Crippen molar-refractivity contribution >= 4 is 28.4 Å². The molecule has 164 valence electrons. The first-order valence-corrected chi connectivity index (χ1v) is 11.1. The molecule has 0 saturated heterocycles. The van der Waals surface area contributed by atoms with Gasteiger partial charge in [-0.05, 0) is 56.0 Å². The molecular formula is C25H23ClFN3O2. The molecule has 0 spiro atoms. The molecule has 4 aromatic rings. The summed E-state index contributed by atoms with van der Waals surface area (Å²) in [6.07, 6.45) is 3.18. The predicted molar refractivity (Wildman–Crippen MR) is 122 cm³/mol. The summed E-state index contributed by atoms with van der Waals surface area (Å²) in [5, 5.41) is 5.21. The Bertz CT molecular complexity index is 1290. The number of nitrogens with zero attached hydrogens (tertiary/aromatic N) is 2. The summed E-state index contributed by atoms with van der Waals surface area (Å²) in [7, 11) is 0. The lowest BCUT2D eigenvalue weighted by Gasteiger charge is -2.37. The second-order valence-corrected chi connectivity index (χ2v) is 8.77. The first-order chi connectivity index (χ1) is 15.5. The molecule has 1 N–H and O–H groups in total. The molecular weight excluding hydrogens is 429 g/mol. The highest BCUT2D eigenvalue weighted by Gasteiger charge is 2.31. The third-order valence-corrected chi connectivity index (χ3v) is 6.51. The first-order valence-electron chi connectivity index (χ1n) is 10.8. The SMILES string of the molecule is Cc1cc(CN(C(=O)Cc2c(-c3ccccc3Cl)[nH]c3ccc(F)cc23)C2CCC2)on1. The number of nitrogens with one attached hydrogen (secondary N) is 1. The maximum absolute atomic E-state index is 14.1. The third-order valence-electron chi connectivity index (χ3n) is 6.18. The molecule has 2 heterocycles. The highest BCUT2D eigenvalue weighted by Crippen LogP contribution is 2.36. The van der Waals surface area contributed by atoms with E-state index in [2.05, 4.69) is 10.1 Å². The molecule has 0 bridgehead atoms. The van der Waals surface area contributed by atoms with Crippen molar-refractivity contribution in [3.63, 3.8) is 0 Å². The summed E-state index contributed by atoms with van der Waals surface area (Å²) in [5.41, 5.74) is 3.83. The number of aromatic amines is 1. The molecule has 5 rings (SSSR count). The van der Waals surface area contributed by atoms with Crippen molar-refractivity contribution in [1.82, 2.24) is 15.0 Å². The van der Waals surface area contributed by atoms with Crippen LogP contribution in [0, 0.1) is 12.7 Å². The van der Waals surface area contributed by atoms with Gasteiger partial charge in [0.1, 0.15) is 5.82 Å². The van der Waals surface area contributed by atoms with E-state index in [-0.39, 0.29) is 24.2 Å². The van der Waals surface area contributed by atoms with E-state index >= 15 is 0 Å². The van der Waals surface area contributed by atoms with Crippen LogP contribution < -0.4 is 0 Å². The molecule has 1 saturated carbocycles. The Balaban J connectivity index is 1.54. The van der Waals surface area contributed by atoms with Gasteiger partial charge in [0.05, 0.1) is 24.4 Å². The molecule has 1 fully saturated rings. The second kappa shape index (κ2) is 8.43. The van der Waals surface area contributed by atoms with Gasteiger partial charge in [0.15, 0.2) is 5.76 Å². The van der Waals surface area contributed by atoms with Gasteiger partial charge in [-0.1, -0.05) is 35.0 Å². The average molecular weight is 452 g/mol. The van der Waals surface area contributed by atoms with Gasteiger partial charge in [0.25, 0.3) is 0 Å². The number of carbonyl (C=O) groups excluding carboxylic acids is 1. The van der Waals surface area contributed by atoms with Crippen molar-refractivity contribution in [2.24, 2.45) is 0 Å². The van der Waals surface area contributed by atoms with Crippen LogP contribution in [0.3, 0.4) is 0 Å². The van der Waals surface area contributed by atoms with E-state index < -0.39 is 0 Å². The first kappa shape index (κ1) is 20.8.